The zero-order chi connectivity index (χ0) is 30.2. The van der Waals surface area contributed by atoms with Crippen molar-refractivity contribution >= 4 is 28.1 Å². The van der Waals surface area contributed by atoms with E-state index in [-0.39, 0.29) is 6.61 Å². The molecule has 4 N–H and O–H groups in total. The lowest BCUT2D eigenvalue weighted by atomic mass is 9.89. The second-order valence-electron chi connectivity index (χ2n) is 9.77. The topological polar surface area (TPSA) is 111 Å². The van der Waals surface area contributed by atoms with Crippen molar-refractivity contribution in [2.75, 3.05) is 46.9 Å². The third-order valence-corrected chi connectivity index (χ3v) is 7.37. The van der Waals surface area contributed by atoms with Gasteiger partial charge in [-0.2, -0.15) is 0 Å². The standard InChI is InChI=1S/C33H40N4O5/c1-7-9-12-21(8-2)24-19-26-23(30(41-5)31(24)42-6)13-15-37-27(26)17-22-18-28(39-3)29(40-4)20-25(22)32(37)36-33(34)35-14-10-11-16-38/h7-9,12,17-20,38H,2,10-11,13-16H2,1,3-6H3,(H2,34,35)/p+1. The number of allylic oxidation sites excluding steroid dienone is 5. The summed E-state index contributed by atoms with van der Waals surface area (Å²) in [5, 5.41) is 14.3. The number of benzene rings is 2. The lowest BCUT2D eigenvalue weighted by Gasteiger charge is -2.26. The van der Waals surface area contributed by atoms with Gasteiger partial charge in [-0.25, -0.2) is 14.9 Å². The van der Waals surface area contributed by atoms with Crippen molar-refractivity contribution in [3.8, 4) is 34.3 Å². The fourth-order valence-corrected chi connectivity index (χ4v) is 5.36. The van der Waals surface area contributed by atoms with Crippen LogP contribution in [0.3, 0.4) is 0 Å². The zero-order valence-corrected chi connectivity index (χ0v) is 25.1. The van der Waals surface area contributed by atoms with Gasteiger partial charge in [-0.3, -0.25) is 0 Å². The Bertz CT molecular complexity index is 1560. The highest BCUT2D eigenvalue weighted by Crippen LogP contribution is 2.46. The van der Waals surface area contributed by atoms with Crippen LogP contribution in [0.2, 0.25) is 0 Å². The third-order valence-electron chi connectivity index (χ3n) is 7.37. The minimum Gasteiger partial charge on any atom is -0.493 e. The van der Waals surface area contributed by atoms with E-state index in [9.17, 15) is 0 Å². The highest BCUT2D eigenvalue weighted by molar-refractivity contribution is 6.02. The molecule has 0 saturated heterocycles. The molecule has 0 unspecified atom stereocenters. The van der Waals surface area contributed by atoms with Gasteiger partial charge in [0.05, 0.1) is 40.4 Å². The number of ether oxygens (including phenoxy) is 4. The molecule has 0 bridgehead atoms. The highest BCUT2D eigenvalue weighted by Gasteiger charge is 2.32. The first kappa shape index (κ1) is 30.5. The zero-order valence-electron chi connectivity index (χ0n) is 25.1. The molecule has 42 heavy (non-hydrogen) atoms. The van der Waals surface area contributed by atoms with Gasteiger partial charge in [0.2, 0.25) is 0 Å². The number of nitrogens with zero attached hydrogens (tertiary/aromatic N) is 2. The minimum atomic E-state index is 0.129. The van der Waals surface area contributed by atoms with Gasteiger partial charge in [0.25, 0.3) is 11.8 Å². The molecule has 2 heterocycles. The summed E-state index contributed by atoms with van der Waals surface area (Å²) in [6.07, 6.45) is 9.89. The fourth-order valence-electron chi connectivity index (χ4n) is 5.36. The Morgan fingerprint density at radius 3 is 2.43 bits per heavy atom. The number of fused-ring (bicyclic) bond motifs is 4. The van der Waals surface area contributed by atoms with Crippen LogP contribution < -0.4 is 34.6 Å². The van der Waals surface area contributed by atoms with Crippen molar-refractivity contribution in [2.45, 2.75) is 32.7 Å². The third kappa shape index (κ3) is 5.92. The first-order chi connectivity index (χ1) is 20.5. The van der Waals surface area contributed by atoms with Crippen LogP contribution >= 0.6 is 0 Å². The van der Waals surface area contributed by atoms with Crippen LogP contribution in [0.5, 0.6) is 23.0 Å². The molecule has 0 aliphatic carbocycles. The molecule has 0 atom stereocenters. The number of rotatable bonds is 12. The Labute approximate surface area is 247 Å². The summed E-state index contributed by atoms with van der Waals surface area (Å²) in [5.74, 6) is 3.70. The smallest absolute Gasteiger partial charge is 0.290 e. The van der Waals surface area contributed by atoms with Gasteiger partial charge in [0, 0.05) is 42.3 Å². The monoisotopic (exact) mass is 573 g/mol. The van der Waals surface area contributed by atoms with Crippen LogP contribution in [0.4, 0.5) is 5.82 Å². The Kier molecular flexibility index (Phi) is 10.1. The number of aliphatic hydroxyl groups is 1. The van der Waals surface area contributed by atoms with Crippen molar-refractivity contribution in [3.63, 3.8) is 0 Å². The highest BCUT2D eigenvalue weighted by atomic mass is 16.5. The predicted molar refractivity (Wildman–Crippen MR) is 169 cm³/mol. The van der Waals surface area contributed by atoms with E-state index >= 15 is 0 Å². The van der Waals surface area contributed by atoms with E-state index in [1.807, 2.05) is 43.4 Å². The lowest BCUT2D eigenvalue weighted by Crippen LogP contribution is -2.45. The second-order valence-corrected chi connectivity index (χ2v) is 9.77. The molecule has 0 fully saturated rings. The van der Waals surface area contributed by atoms with Crippen LogP contribution in [0, 0.1) is 0 Å². The van der Waals surface area contributed by atoms with Crippen molar-refractivity contribution < 1.29 is 28.6 Å². The molecular weight excluding hydrogens is 532 g/mol. The molecule has 9 nitrogen and oxygen atoms in total. The van der Waals surface area contributed by atoms with Gasteiger partial charge in [-0.1, -0.05) is 30.9 Å². The number of pyridine rings is 1. The Hall–Kier alpha value is -4.50. The number of nitrogens with two attached hydrogens (primary N) is 1. The molecule has 4 rings (SSSR count). The molecule has 0 spiro atoms. The average Bonchev–Trinajstić information content (AvgIpc) is 3.01. The summed E-state index contributed by atoms with van der Waals surface area (Å²) in [7, 11) is 6.58. The van der Waals surface area contributed by atoms with Crippen LogP contribution in [-0.2, 0) is 13.0 Å². The van der Waals surface area contributed by atoms with Crippen LogP contribution in [0.1, 0.15) is 30.9 Å². The van der Waals surface area contributed by atoms with Gasteiger partial charge >= 0.3 is 0 Å². The minimum absolute atomic E-state index is 0.129. The normalized spacial score (nSPS) is 13.1. The Morgan fingerprint density at radius 2 is 1.79 bits per heavy atom. The van der Waals surface area contributed by atoms with E-state index < -0.39 is 0 Å². The van der Waals surface area contributed by atoms with E-state index in [4.69, 9.17) is 29.8 Å². The number of anilines is 1. The molecule has 3 aromatic rings. The van der Waals surface area contributed by atoms with Crippen molar-refractivity contribution in [1.82, 2.24) is 0 Å². The summed E-state index contributed by atoms with van der Waals surface area (Å²) in [4.78, 5) is 4.50. The molecule has 2 aromatic carbocycles. The first-order valence-electron chi connectivity index (χ1n) is 14.0. The number of hydrogen-bond donors (Lipinski definition) is 3. The summed E-state index contributed by atoms with van der Waals surface area (Å²) >= 11 is 0. The molecule has 9 heteroatoms. The number of methoxy groups -OCH3 is 4. The molecule has 1 aliphatic rings. The molecule has 0 radical (unpaired) electrons. The molecule has 222 valence electrons. The number of aliphatic imine (C=N–C) groups is 1. The molecular formula is C33H41N4O5+. The van der Waals surface area contributed by atoms with Crippen LogP contribution in [-0.4, -0.2) is 52.7 Å². The van der Waals surface area contributed by atoms with Gasteiger partial charge in [-0.05, 0) is 48.9 Å². The van der Waals surface area contributed by atoms with E-state index in [1.54, 1.807) is 28.4 Å². The largest absolute Gasteiger partial charge is 0.493 e. The number of aliphatic hydroxyl groups excluding tert-OH is 1. The Balaban J connectivity index is 2.03. The molecule has 0 amide bonds. The van der Waals surface area contributed by atoms with Gasteiger partial charge in [0.15, 0.2) is 23.0 Å². The predicted octanol–water partition coefficient (Wildman–Crippen LogP) is 5.03. The lowest BCUT2D eigenvalue weighted by molar-refractivity contribution is -0.672. The number of aromatic nitrogens is 1. The molecule has 0 saturated carbocycles. The molecule has 1 aromatic heterocycles. The number of hydrogen-bond acceptors (Lipinski definition) is 6. The van der Waals surface area contributed by atoms with Crippen molar-refractivity contribution in [1.29, 1.82) is 0 Å². The van der Waals surface area contributed by atoms with Crippen molar-refractivity contribution in [2.24, 2.45) is 10.7 Å². The maximum atomic E-state index is 9.12. The van der Waals surface area contributed by atoms with Crippen LogP contribution in [0.25, 0.3) is 27.6 Å². The van der Waals surface area contributed by atoms with Crippen LogP contribution in [0.15, 0.2) is 60.1 Å². The number of nitrogens with one attached hydrogen (secondary N) is 1. The summed E-state index contributed by atoms with van der Waals surface area (Å²) in [5.41, 5.74) is 11.2. The maximum Gasteiger partial charge on any atom is 0.290 e. The van der Waals surface area contributed by atoms with E-state index in [1.165, 1.54) is 0 Å². The summed E-state index contributed by atoms with van der Waals surface area (Å²) in [6, 6.07) is 8.20. The summed E-state index contributed by atoms with van der Waals surface area (Å²) < 4.78 is 25.4. The van der Waals surface area contributed by atoms with Gasteiger partial charge in [-0.15, -0.1) is 0 Å². The van der Waals surface area contributed by atoms with Crippen molar-refractivity contribution in [3.05, 3.63) is 66.3 Å². The van der Waals surface area contributed by atoms with E-state index in [2.05, 4.69) is 33.6 Å². The number of guanidine groups is 1. The SMILES string of the molecule is C=CC(=CC=CC)c1cc2c(c(OC)c1OC)CC[n+]1c-2cc2cc(OC)c(OC)cc2c1NC(N)=NCCCCO. The fraction of sp³-hybridized carbons (Fsp3) is 0.333. The van der Waals surface area contributed by atoms with Gasteiger partial charge in [0.1, 0.15) is 5.69 Å². The van der Waals surface area contributed by atoms with E-state index in [0.717, 1.165) is 51.0 Å². The summed E-state index contributed by atoms with van der Waals surface area (Å²) in [6.45, 7) is 7.33. The first-order valence-corrected chi connectivity index (χ1v) is 14.0. The Morgan fingerprint density at radius 1 is 1.05 bits per heavy atom. The quantitative estimate of drug-likeness (QED) is 0.0916. The second kappa shape index (κ2) is 13.9. The average molecular weight is 574 g/mol. The van der Waals surface area contributed by atoms with Gasteiger partial charge < -0.3 is 29.8 Å². The maximum absolute atomic E-state index is 9.12. The molecule has 1 aliphatic heterocycles. The van der Waals surface area contributed by atoms with E-state index in [0.29, 0.717) is 54.9 Å². The number of unbranched alkanes of at least 4 members (excludes halogenated alkanes) is 1.